The number of nitrogens with zero attached hydrogens (tertiary/aromatic N) is 1. The summed E-state index contributed by atoms with van der Waals surface area (Å²) in [6.07, 6.45) is 1.29. The zero-order chi connectivity index (χ0) is 14.2. The molecule has 0 saturated heterocycles. The Morgan fingerprint density at radius 2 is 2.00 bits per heavy atom. The third-order valence-electron chi connectivity index (χ3n) is 2.52. The van der Waals surface area contributed by atoms with Crippen LogP contribution < -0.4 is 5.73 Å². The van der Waals surface area contributed by atoms with E-state index in [2.05, 4.69) is 0 Å². The van der Waals surface area contributed by atoms with E-state index in [0.29, 0.717) is 26.3 Å². The molecule has 1 amide bonds. The van der Waals surface area contributed by atoms with Gasteiger partial charge in [-0.1, -0.05) is 0 Å². The minimum absolute atomic E-state index is 0.0665. The van der Waals surface area contributed by atoms with Crippen molar-refractivity contribution in [3.8, 4) is 0 Å². The number of likely N-dealkylation sites (N-methyl/N-ethyl adjacent to an activating group) is 1. The fourth-order valence-corrected chi connectivity index (χ4v) is 2.12. The molecule has 2 N–H and O–H groups in total. The highest BCUT2D eigenvalue weighted by Crippen LogP contribution is 2.00. The Labute approximate surface area is 109 Å². The van der Waals surface area contributed by atoms with Crippen molar-refractivity contribution >= 4 is 15.7 Å². The molecule has 1 unspecified atom stereocenters. The van der Waals surface area contributed by atoms with Crippen molar-refractivity contribution in [3.63, 3.8) is 0 Å². The molecule has 0 aliphatic carbocycles. The second-order valence-corrected chi connectivity index (χ2v) is 6.40. The number of rotatable bonds is 9. The Morgan fingerprint density at radius 1 is 1.39 bits per heavy atom. The molecule has 18 heavy (non-hydrogen) atoms. The lowest BCUT2D eigenvalue weighted by Gasteiger charge is -2.24. The van der Waals surface area contributed by atoms with Gasteiger partial charge in [0.2, 0.25) is 5.91 Å². The lowest BCUT2D eigenvalue weighted by atomic mass is 10.2. The maximum atomic E-state index is 11.9. The van der Waals surface area contributed by atoms with Gasteiger partial charge in [-0.2, -0.15) is 0 Å². The summed E-state index contributed by atoms with van der Waals surface area (Å²) in [5, 5.41) is 0. The third-order valence-corrected chi connectivity index (χ3v) is 3.50. The van der Waals surface area contributed by atoms with Crippen molar-refractivity contribution < 1.29 is 17.9 Å². The van der Waals surface area contributed by atoms with E-state index in [1.54, 1.807) is 4.90 Å². The molecule has 6 nitrogen and oxygen atoms in total. The van der Waals surface area contributed by atoms with Crippen molar-refractivity contribution in [1.82, 2.24) is 4.90 Å². The maximum Gasteiger partial charge on any atom is 0.239 e. The number of sulfone groups is 1. The average Bonchev–Trinajstić information content (AvgIpc) is 2.30. The Morgan fingerprint density at radius 3 is 2.44 bits per heavy atom. The first kappa shape index (κ1) is 17.3. The fraction of sp³-hybridized carbons (Fsp3) is 0.909. The predicted molar refractivity (Wildman–Crippen MR) is 71.1 cm³/mol. The monoisotopic (exact) mass is 280 g/mol. The molecule has 108 valence electrons. The van der Waals surface area contributed by atoms with Gasteiger partial charge in [0.1, 0.15) is 9.84 Å². The molecule has 0 aromatic rings. The van der Waals surface area contributed by atoms with Crippen LogP contribution >= 0.6 is 0 Å². The average molecular weight is 280 g/mol. The molecule has 0 aliphatic rings. The summed E-state index contributed by atoms with van der Waals surface area (Å²) in [5.74, 6) is -0.288. The minimum Gasteiger partial charge on any atom is -0.380 e. The number of carbonyl (C=O) groups excluding carboxylic acids is 1. The van der Waals surface area contributed by atoms with Gasteiger partial charge in [0, 0.05) is 26.0 Å². The second kappa shape index (κ2) is 8.44. The second-order valence-electron chi connectivity index (χ2n) is 4.14. The summed E-state index contributed by atoms with van der Waals surface area (Å²) in [7, 11) is -3.08. The number of amides is 1. The molecular weight excluding hydrogens is 256 g/mol. The summed E-state index contributed by atoms with van der Waals surface area (Å²) in [6.45, 7) is 5.83. The number of nitrogens with two attached hydrogens (primary N) is 1. The molecule has 7 heteroatoms. The van der Waals surface area contributed by atoms with Crippen LogP contribution in [0.3, 0.4) is 0 Å². The molecular formula is C11H24N2O4S. The van der Waals surface area contributed by atoms with Crippen LogP contribution in [0, 0.1) is 0 Å². The van der Waals surface area contributed by atoms with Gasteiger partial charge in [-0.15, -0.1) is 0 Å². The van der Waals surface area contributed by atoms with Gasteiger partial charge < -0.3 is 15.4 Å². The van der Waals surface area contributed by atoms with Crippen LogP contribution in [0.4, 0.5) is 0 Å². The standard InChI is InChI=1S/C11H24N2O4S/c1-4-13(7-8-17-5-2)11(14)10(12)6-9-18(3,15)16/h10H,4-9,12H2,1-3H3. The lowest BCUT2D eigenvalue weighted by molar-refractivity contribution is -0.133. The molecule has 0 aromatic carbocycles. The first-order valence-electron chi connectivity index (χ1n) is 6.11. The van der Waals surface area contributed by atoms with Gasteiger partial charge in [-0.3, -0.25) is 4.79 Å². The van der Waals surface area contributed by atoms with Crippen LogP contribution in [-0.4, -0.2) is 63.6 Å². The van der Waals surface area contributed by atoms with E-state index in [9.17, 15) is 13.2 Å². The van der Waals surface area contributed by atoms with E-state index in [1.807, 2.05) is 13.8 Å². The van der Waals surface area contributed by atoms with Crippen LogP contribution in [-0.2, 0) is 19.4 Å². The first-order valence-corrected chi connectivity index (χ1v) is 8.17. The fourth-order valence-electron chi connectivity index (χ4n) is 1.44. The quantitative estimate of drug-likeness (QED) is 0.582. The minimum atomic E-state index is -3.08. The van der Waals surface area contributed by atoms with Crippen LogP contribution in [0.2, 0.25) is 0 Å². The first-order chi connectivity index (χ1) is 8.31. The molecule has 0 fully saturated rings. The van der Waals surface area contributed by atoms with Crippen LogP contribution in [0.25, 0.3) is 0 Å². The molecule has 0 heterocycles. The van der Waals surface area contributed by atoms with Gasteiger partial charge >= 0.3 is 0 Å². The smallest absolute Gasteiger partial charge is 0.239 e. The Bertz CT molecular complexity index is 343. The summed E-state index contributed by atoms with van der Waals surface area (Å²) < 4.78 is 27.2. The number of hydrogen-bond acceptors (Lipinski definition) is 5. The molecule has 0 radical (unpaired) electrons. The number of carbonyl (C=O) groups is 1. The molecule has 0 spiro atoms. The molecule has 1 atom stereocenters. The molecule has 0 aliphatic heterocycles. The predicted octanol–water partition coefficient (Wildman–Crippen LogP) is -0.367. The largest absolute Gasteiger partial charge is 0.380 e. The third kappa shape index (κ3) is 7.62. The summed E-state index contributed by atoms with van der Waals surface area (Å²) in [6, 6.07) is -0.763. The van der Waals surface area contributed by atoms with E-state index in [1.165, 1.54) is 0 Å². The normalized spacial score (nSPS) is 13.3. The maximum absolute atomic E-state index is 11.9. The Balaban J connectivity index is 4.22. The lowest BCUT2D eigenvalue weighted by Crippen LogP contribution is -2.45. The topological polar surface area (TPSA) is 89.7 Å². The summed E-state index contributed by atoms with van der Waals surface area (Å²) in [5.41, 5.74) is 5.71. The zero-order valence-electron chi connectivity index (χ0n) is 11.4. The molecule has 0 rings (SSSR count). The van der Waals surface area contributed by atoms with Crippen LogP contribution in [0.15, 0.2) is 0 Å². The highest BCUT2D eigenvalue weighted by Gasteiger charge is 2.20. The zero-order valence-corrected chi connectivity index (χ0v) is 12.2. The molecule has 0 aromatic heterocycles. The summed E-state index contributed by atoms with van der Waals surface area (Å²) >= 11 is 0. The summed E-state index contributed by atoms with van der Waals surface area (Å²) in [4.78, 5) is 13.5. The van der Waals surface area contributed by atoms with Crippen molar-refractivity contribution in [1.29, 1.82) is 0 Å². The van der Waals surface area contributed by atoms with Gasteiger partial charge in [-0.05, 0) is 20.3 Å². The highest BCUT2D eigenvalue weighted by molar-refractivity contribution is 7.90. The van der Waals surface area contributed by atoms with Gasteiger partial charge in [0.25, 0.3) is 0 Å². The van der Waals surface area contributed by atoms with Gasteiger partial charge in [0.05, 0.1) is 18.4 Å². The van der Waals surface area contributed by atoms with E-state index >= 15 is 0 Å². The van der Waals surface area contributed by atoms with Gasteiger partial charge in [-0.25, -0.2) is 8.42 Å². The highest BCUT2D eigenvalue weighted by atomic mass is 32.2. The van der Waals surface area contributed by atoms with Crippen LogP contribution in [0.5, 0.6) is 0 Å². The number of ether oxygens (including phenoxy) is 1. The van der Waals surface area contributed by atoms with Crippen molar-refractivity contribution in [2.45, 2.75) is 26.3 Å². The van der Waals surface area contributed by atoms with Crippen LogP contribution in [0.1, 0.15) is 20.3 Å². The molecule has 0 saturated carbocycles. The molecule has 0 bridgehead atoms. The van der Waals surface area contributed by atoms with Crippen molar-refractivity contribution in [2.24, 2.45) is 5.73 Å². The van der Waals surface area contributed by atoms with Gasteiger partial charge in [0.15, 0.2) is 0 Å². The van der Waals surface area contributed by atoms with E-state index in [-0.39, 0.29) is 18.1 Å². The van der Waals surface area contributed by atoms with Crippen molar-refractivity contribution in [3.05, 3.63) is 0 Å². The van der Waals surface area contributed by atoms with E-state index in [0.717, 1.165) is 6.26 Å². The SMILES string of the molecule is CCOCCN(CC)C(=O)C(N)CCS(C)(=O)=O. The van der Waals surface area contributed by atoms with Crippen molar-refractivity contribution in [2.75, 3.05) is 38.3 Å². The number of hydrogen-bond donors (Lipinski definition) is 1. The Hall–Kier alpha value is -0.660. The Kier molecular flexibility index (Phi) is 8.13. The van der Waals surface area contributed by atoms with E-state index < -0.39 is 15.9 Å². The van der Waals surface area contributed by atoms with E-state index in [4.69, 9.17) is 10.5 Å².